The van der Waals surface area contributed by atoms with Crippen LogP contribution in [0.3, 0.4) is 0 Å². The number of amides is 1. The highest BCUT2D eigenvalue weighted by Crippen LogP contribution is 2.36. The van der Waals surface area contributed by atoms with Crippen LogP contribution >= 0.6 is 11.3 Å². The highest BCUT2D eigenvalue weighted by atomic mass is 32.2. The number of sulfonamides is 1. The van der Waals surface area contributed by atoms with Gasteiger partial charge in [-0.25, -0.2) is 13.1 Å². The van der Waals surface area contributed by atoms with Crippen LogP contribution in [0.15, 0.2) is 40.6 Å². The van der Waals surface area contributed by atoms with Crippen molar-refractivity contribution in [2.24, 2.45) is 0 Å². The molecule has 29 heavy (non-hydrogen) atoms. The Labute approximate surface area is 175 Å². The fourth-order valence-electron chi connectivity index (χ4n) is 4.30. The molecule has 1 aromatic carbocycles. The van der Waals surface area contributed by atoms with Gasteiger partial charge >= 0.3 is 0 Å². The van der Waals surface area contributed by atoms with E-state index in [1.54, 1.807) is 23.5 Å². The molecule has 2 aliphatic rings. The fraction of sp³-hybridized carbons (Fsp3) is 0.476. The molecule has 1 aromatic heterocycles. The number of nitrogens with zero attached hydrogens (tertiary/aromatic N) is 1. The molecule has 156 valence electrons. The summed E-state index contributed by atoms with van der Waals surface area (Å²) in [6, 6.07) is 8.74. The largest absolute Gasteiger partial charge is 0.495 e. The van der Waals surface area contributed by atoms with Gasteiger partial charge in [0.25, 0.3) is 5.91 Å². The second-order valence-electron chi connectivity index (χ2n) is 7.64. The van der Waals surface area contributed by atoms with E-state index in [-0.39, 0.29) is 28.6 Å². The maximum Gasteiger partial charge on any atom is 0.254 e. The van der Waals surface area contributed by atoms with E-state index in [1.807, 2.05) is 16.3 Å². The number of hydrogen-bond acceptors (Lipinski definition) is 5. The van der Waals surface area contributed by atoms with Gasteiger partial charge in [0.1, 0.15) is 10.6 Å². The van der Waals surface area contributed by atoms with Crippen LogP contribution < -0.4 is 9.46 Å². The summed E-state index contributed by atoms with van der Waals surface area (Å²) in [5, 5.41) is 2.02. The topological polar surface area (TPSA) is 75.7 Å². The minimum atomic E-state index is -3.77. The van der Waals surface area contributed by atoms with Crippen molar-refractivity contribution in [2.75, 3.05) is 13.7 Å². The first kappa shape index (κ1) is 20.4. The number of hydrogen-bond donors (Lipinski definition) is 1. The number of nitrogens with one attached hydrogen (secondary N) is 1. The molecule has 1 saturated carbocycles. The number of carbonyl (C=O) groups excluding carboxylic acids is 1. The zero-order valence-electron chi connectivity index (χ0n) is 16.5. The molecule has 1 N–H and O–H groups in total. The highest BCUT2D eigenvalue weighted by molar-refractivity contribution is 7.89. The Hall–Kier alpha value is -1.90. The summed E-state index contributed by atoms with van der Waals surface area (Å²) in [5.74, 6) is 0.115. The van der Waals surface area contributed by atoms with Gasteiger partial charge < -0.3 is 9.64 Å². The molecule has 0 bridgehead atoms. The molecule has 4 rings (SSSR count). The fourth-order valence-corrected chi connectivity index (χ4v) is 6.67. The molecule has 1 saturated heterocycles. The minimum Gasteiger partial charge on any atom is -0.495 e. The zero-order chi connectivity index (χ0) is 20.4. The number of carbonyl (C=O) groups is 1. The first-order chi connectivity index (χ1) is 14.0. The normalized spacial score (nSPS) is 20.3. The van der Waals surface area contributed by atoms with Crippen LogP contribution in [0.25, 0.3) is 0 Å². The minimum absolute atomic E-state index is 0.0321. The molecule has 0 radical (unpaired) electrons. The third-order valence-corrected chi connectivity index (χ3v) is 8.28. The van der Waals surface area contributed by atoms with E-state index >= 15 is 0 Å². The molecule has 1 atom stereocenters. The predicted octanol–water partition coefficient (Wildman–Crippen LogP) is 3.95. The Morgan fingerprint density at radius 2 is 1.97 bits per heavy atom. The average molecular weight is 435 g/mol. The summed E-state index contributed by atoms with van der Waals surface area (Å²) in [5.41, 5.74) is 0.376. The van der Waals surface area contributed by atoms with Crippen molar-refractivity contribution in [1.82, 2.24) is 9.62 Å². The molecule has 1 aliphatic carbocycles. The maximum atomic E-state index is 13.3. The molecule has 1 unspecified atom stereocenters. The summed E-state index contributed by atoms with van der Waals surface area (Å²) in [6.07, 6.45) is 5.62. The van der Waals surface area contributed by atoms with E-state index in [4.69, 9.17) is 4.74 Å². The molecule has 2 aromatic rings. The van der Waals surface area contributed by atoms with Gasteiger partial charge in [0.2, 0.25) is 10.0 Å². The number of thiophene rings is 1. The van der Waals surface area contributed by atoms with Gasteiger partial charge in [-0.1, -0.05) is 18.9 Å². The zero-order valence-corrected chi connectivity index (χ0v) is 18.1. The summed E-state index contributed by atoms with van der Waals surface area (Å²) >= 11 is 1.65. The smallest absolute Gasteiger partial charge is 0.254 e. The first-order valence-electron chi connectivity index (χ1n) is 10.0. The van der Waals surface area contributed by atoms with Gasteiger partial charge in [-0.2, -0.15) is 0 Å². The van der Waals surface area contributed by atoms with E-state index in [1.165, 1.54) is 18.1 Å². The molecule has 2 fully saturated rings. The molecule has 6 nitrogen and oxygen atoms in total. The average Bonchev–Trinajstić information content (AvgIpc) is 3.48. The molecule has 1 amide bonds. The van der Waals surface area contributed by atoms with Crippen molar-refractivity contribution in [3.05, 3.63) is 46.2 Å². The van der Waals surface area contributed by atoms with E-state index in [2.05, 4.69) is 10.8 Å². The van der Waals surface area contributed by atoms with Gasteiger partial charge in [0.15, 0.2) is 0 Å². The van der Waals surface area contributed by atoms with Gasteiger partial charge in [0.05, 0.1) is 13.2 Å². The number of benzene rings is 1. The number of likely N-dealkylation sites (tertiary alicyclic amines) is 1. The summed E-state index contributed by atoms with van der Waals surface area (Å²) in [6.45, 7) is 0.676. The molecule has 2 heterocycles. The monoisotopic (exact) mass is 434 g/mol. The SMILES string of the molecule is COc1ccc(C(=O)N2CCCC2c2cccs2)cc1S(=O)(=O)NC1CCCC1. The van der Waals surface area contributed by atoms with Crippen molar-refractivity contribution in [3.63, 3.8) is 0 Å². The Kier molecular flexibility index (Phi) is 5.94. The summed E-state index contributed by atoms with van der Waals surface area (Å²) < 4.78 is 34.1. The van der Waals surface area contributed by atoms with Crippen LogP contribution in [0.5, 0.6) is 5.75 Å². The van der Waals surface area contributed by atoms with Crippen molar-refractivity contribution >= 4 is 27.3 Å². The molecule has 1 aliphatic heterocycles. The molecule has 8 heteroatoms. The summed E-state index contributed by atoms with van der Waals surface area (Å²) in [7, 11) is -2.32. The second kappa shape index (κ2) is 8.45. The van der Waals surface area contributed by atoms with Crippen LogP contribution in [-0.4, -0.2) is 38.9 Å². The Morgan fingerprint density at radius 3 is 2.66 bits per heavy atom. The second-order valence-corrected chi connectivity index (χ2v) is 10.3. The third-order valence-electron chi connectivity index (χ3n) is 5.76. The van der Waals surface area contributed by atoms with E-state index < -0.39 is 10.0 Å². The standard InChI is InChI=1S/C21H26N2O4S2/c1-27-18-11-10-15(14-20(18)29(25,26)22-16-6-2-3-7-16)21(24)23-12-4-8-17(23)19-9-5-13-28-19/h5,9-11,13-14,16-17,22H,2-4,6-8,12H2,1H3. The van der Waals surface area contributed by atoms with Crippen LogP contribution in [0.1, 0.15) is 59.8 Å². The lowest BCUT2D eigenvalue weighted by Crippen LogP contribution is -2.33. The van der Waals surface area contributed by atoms with Gasteiger partial charge in [-0.15, -0.1) is 11.3 Å². The van der Waals surface area contributed by atoms with Crippen molar-refractivity contribution < 1.29 is 17.9 Å². The number of ether oxygens (including phenoxy) is 1. The van der Waals surface area contributed by atoms with E-state index in [0.29, 0.717) is 12.1 Å². The number of methoxy groups -OCH3 is 1. The van der Waals surface area contributed by atoms with Crippen molar-refractivity contribution in [3.8, 4) is 5.75 Å². The highest BCUT2D eigenvalue weighted by Gasteiger charge is 2.33. The number of rotatable bonds is 6. The third kappa shape index (κ3) is 4.20. The van der Waals surface area contributed by atoms with Crippen LogP contribution in [-0.2, 0) is 10.0 Å². The predicted molar refractivity (Wildman–Crippen MR) is 113 cm³/mol. The summed E-state index contributed by atoms with van der Waals surface area (Å²) in [4.78, 5) is 16.3. The van der Waals surface area contributed by atoms with E-state index in [9.17, 15) is 13.2 Å². The molecular weight excluding hydrogens is 408 g/mol. The van der Waals surface area contributed by atoms with Gasteiger partial charge in [0, 0.05) is 23.0 Å². The van der Waals surface area contributed by atoms with E-state index in [0.717, 1.165) is 38.5 Å². The van der Waals surface area contributed by atoms with Gasteiger partial charge in [-0.3, -0.25) is 4.79 Å². The molecule has 0 spiro atoms. The Morgan fingerprint density at radius 1 is 1.17 bits per heavy atom. The lowest BCUT2D eigenvalue weighted by Gasteiger charge is -2.24. The van der Waals surface area contributed by atoms with Crippen LogP contribution in [0, 0.1) is 0 Å². The van der Waals surface area contributed by atoms with Crippen LogP contribution in [0.2, 0.25) is 0 Å². The van der Waals surface area contributed by atoms with Gasteiger partial charge in [-0.05, 0) is 55.3 Å². The lowest BCUT2D eigenvalue weighted by molar-refractivity contribution is 0.0737. The first-order valence-corrected chi connectivity index (χ1v) is 12.4. The Bertz CT molecular complexity index is 967. The van der Waals surface area contributed by atoms with Crippen LogP contribution in [0.4, 0.5) is 0 Å². The van der Waals surface area contributed by atoms with Crippen molar-refractivity contribution in [2.45, 2.75) is 55.5 Å². The lowest BCUT2D eigenvalue weighted by atomic mass is 10.1. The molecular formula is C21H26N2O4S2. The maximum absolute atomic E-state index is 13.3. The Balaban J connectivity index is 1.63. The quantitative estimate of drug-likeness (QED) is 0.747. The van der Waals surface area contributed by atoms with Crippen molar-refractivity contribution in [1.29, 1.82) is 0 Å².